The van der Waals surface area contributed by atoms with Gasteiger partial charge in [0.05, 0.1) is 50.1 Å². The average Bonchev–Trinajstić information content (AvgIpc) is 4.09. The topological polar surface area (TPSA) is 318 Å². The summed E-state index contributed by atoms with van der Waals surface area (Å²) in [4.78, 5) is 99.1. The van der Waals surface area contributed by atoms with Crippen molar-refractivity contribution in [2.75, 3.05) is 52.9 Å². The molecule has 2 aromatic rings. The van der Waals surface area contributed by atoms with Crippen molar-refractivity contribution in [2.45, 2.75) is 131 Å². The monoisotopic (exact) mass is 1050 g/mol. The molecule has 74 heavy (non-hydrogen) atoms. The summed E-state index contributed by atoms with van der Waals surface area (Å²) < 4.78 is 53.3. The van der Waals surface area contributed by atoms with Crippen molar-refractivity contribution >= 4 is 47.8 Å². The molecule has 2 heterocycles. The van der Waals surface area contributed by atoms with Crippen molar-refractivity contribution in [1.29, 1.82) is 0 Å². The molecule has 22 nitrogen and oxygen atoms in total. The quantitative estimate of drug-likeness (QED) is 0.104. The second-order valence-corrected chi connectivity index (χ2v) is 21.4. The lowest BCUT2D eigenvalue weighted by Crippen LogP contribution is -2.70. The fourth-order valence-corrected chi connectivity index (χ4v) is 11.4. The van der Waals surface area contributed by atoms with Gasteiger partial charge in [-0.3, -0.25) is 19.2 Å². The van der Waals surface area contributed by atoms with E-state index >= 15 is 0 Å². The lowest BCUT2D eigenvalue weighted by Gasteiger charge is -2.61. The number of rotatable bonds is 20. The highest BCUT2D eigenvalue weighted by molar-refractivity contribution is 5.92. The van der Waals surface area contributed by atoms with Gasteiger partial charge in [0, 0.05) is 21.7 Å². The zero-order valence-electron chi connectivity index (χ0n) is 43.4. The van der Waals surface area contributed by atoms with Crippen LogP contribution in [0, 0.1) is 45.3 Å². The molecule has 0 radical (unpaired) electrons. The molecular weight excluding hydrogens is 977 g/mol. The summed E-state index contributed by atoms with van der Waals surface area (Å²) in [6.45, 7) is 13.2. The van der Waals surface area contributed by atoms with E-state index < -0.39 is 70.0 Å². The molecule has 412 valence electrons. The normalized spacial score (nSPS) is 25.9. The summed E-state index contributed by atoms with van der Waals surface area (Å²) in [5.41, 5.74) is -2.74. The Morgan fingerprint density at radius 3 is 0.878 bits per heavy atom. The predicted octanol–water partition coefficient (Wildman–Crippen LogP) is 4.55. The highest BCUT2D eigenvalue weighted by Gasteiger charge is 2.68. The summed E-state index contributed by atoms with van der Waals surface area (Å²) in [6, 6.07) is 5.06. The van der Waals surface area contributed by atoms with Gasteiger partial charge in [-0.25, -0.2) is 19.2 Å². The number of furan rings is 2. The molecule has 4 aliphatic carbocycles. The maximum Gasteiger partial charge on any atom is 0.374 e. The number of aliphatic hydroxyl groups is 4. The Morgan fingerprint density at radius 2 is 0.608 bits per heavy atom. The first-order valence-corrected chi connectivity index (χ1v) is 25.0. The van der Waals surface area contributed by atoms with Gasteiger partial charge in [0.25, 0.3) is 0 Å². The number of hydrogen-bond donors (Lipinski definition) is 4. The molecule has 0 spiro atoms. The average molecular weight is 1050 g/mol. The Bertz CT molecular complexity index is 2100. The van der Waals surface area contributed by atoms with Crippen LogP contribution in [0.3, 0.4) is 0 Å². The van der Waals surface area contributed by atoms with Crippen LogP contribution in [0.25, 0.3) is 0 Å². The van der Waals surface area contributed by atoms with Crippen LogP contribution >= 0.6 is 0 Å². The molecule has 0 saturated heterocycles. The summed E-state index contributed by atoms with van der Waals surface area (Å²) in [5, 5.41) is 35.1. The van der Waals surface area contributed by atoms with Gasteiger partial charge in [-0.05, 0) is 75.6 Å². The van der Waals surface area contributed by atoms with Gasteiger partial charge in [-0.2, -0.15) is 0 Å². The Kier molecular flexibility index (Phi) is 20.0. The van der Waals surface area contributed by atoms with Gasteiger partial charge in [0.1, 0.15) is 50.8 Å². The van der Waals surface area contributed by atoms with E-state index in [1.807, 2.05) is 27.7 Å². The van der Waals surface area contributed by atoms with Crippen LogP contribution in [0.15, 0.2) is 33.1 Å². The van der Waals surface area contributed by atoms with Crippen molar-refractivity contribution in [2.24, 2.45) is 45.3 Å². The van der Waals surface area contributed by atoms with Gasteiger partial charge in [0.15, 0.2) is 0 Å². The third-order valence-corrected chi connectivity index (χ3v) is 14.4. The highest BCUT2D eigenvalue weighted by Crippen LogP contribution is 2.59. The summed E-state index contributed by atoms with van der Waals surface area (Å²) in [6.07, 6.45) is 2.11. The van der Waals surface area contributed by atoms with E-state index in [0.29, 0.717) is 51.4 Å². The maximum atomic E-state index is 13.0. The summed E-state index contributed by atoms with van der Waals surface area (Å²) in [5.74, 6) is -6.46. The SMILES string of the molecule is CC1(C)C(OC(=O)C2CCC(C(=O)OCCO)CC2)C(C)(C)C1OC(=O)C1CCC(C(=O)OCCO)CC1.CC1(C)C(OC(=O)c2ccc(C(=O)OCCO)o2)C(C)(C)C1OC(=O)c1ccc(C(=O)OCCO)o1. The second-order valence-electron chi connectivity index (χ2n) is 21.4. The van der Waals surface area contributed by atoms with Crippen LogP contribution in [0.1, 0.15) is 149 Å². The van der Waals surface area contributed by atoms with E-state index in [4.69, 9.17) is 67.2 Å². The van der Waals surface area contributed by atoms with E-state index in [9.17, 15) is 38.4 Å². The third-order valence-electron chi connectivity index (χ3n) is 14.4. The van der Waals surface area contributed by atoms with Crippen LogP contribution < -0.4 is 0 Å². The number of ether oxygens (including phenoxy) is 8. The third kappa shape index (κ3) is 13.5. The number of carbonyl (C=O) groups excluding carboxylic acids is 8. The number of esters is 8. The van der Waals surface area contributed by atoms with Crippen LogP contribution in [0.5, 0.6) is 0 Å². The van der Waals surface area contributed by atoms with Crippen molar-refractivity contribution in [3.05, 3.63) is 47.3 Å². The second kappa shape index (κ2) is 25.1. The van der Waals surface area contributed by atoms with Crippen molar-refractivity contribution < 1.29 is 106 Å². The molecule has 22 heteroatoms. The first kappa shape index (κ1) is 59.0. The van der Waals surface area contributed by atoms with Gasteiger partial charge in [-0.1, -0.05) is 55.4 Å². The molecule has 4 saturated carbocycles. The standard InChI is InChI=1S/C28H44O10.C24H28O12/c1-27(2)25(37-23(33)19-9-5-17(6-10-19)21(31)35-15-13-29)28(3,4)26(27)38-24(34)20-11-7-18(8-12-20)22(32)36-16-14-30;1-23(2)21(35-19(29)15-7-5-13(33-15)17(27)31-11-9-25)24(3,4)22(23)36-20(30)16-8-6-14(34-16)18(28)32-12-10-26/h17-20,25-26,29-30H,5-16H2,1-4H3;5-8,21-22,25-26H,9-12H2,1-4H3. The van der Waals surface area contributed by atoms with Gasteiger partial charge in [0.2, 0.25) is 23.0 Å². The zero-order chi connectivity index (χ0) is 54.8. The molecule has 4 N–H and O–H groups in total. The highest BCUT2D eigenvalue weighted by atomic mass is 16.6. The smallest absolute Gasteiger partial charge is 0.374 e. The van der Waals surface area contributed by atoms with Gasteiger partial charge in [-0.15, -0.1) is 0 Å². The zero-order valence-corrected chi connectivity index (χ0v) is 43.4. The minimum atomic E-state index is -0.831. The van der Waals surface area contributed by atoms with E-state index in [2.05, 4.69) is 0 Å². The number of hydrogen-bond acceptors (Lipinski definition) is 22. The molecule has 2 aromatic heterocycles. The maximum absolute atomic E-state index is 13.0. The van der Waals surface area contributed by atoms with Crippen LogP contribution in [-0.2, 0) is 57.1 Å². The number of aliphatic hydroxyl groups excluding tert-OH is 4. The minimum absolute atomic E-state index is 0.0142. The first-order valence-electron chi connectivity index (χ1n) is 25.0. The van der Waals surface area contributed by atoms with E-state index in [1.54, 1.807) is 27.7 Å². The van der Waals surface area contributed by atoms with Crippen molar-refractivity contribution in [3.63, 3.8) is 0 Å². The van der Waals surface area contributed by atoms with Crippen LogP contribution in [-0.4, -0.2) is 145 Å². The molecule has 0 unspecified atom stereocenters. The van der Waals surface area contributed by atoms with Gasteiger partial charge >= 0.3 is 47.8 Å². The largest absolute Gasteiger partial charge is 0.463 e. The lowest BCUT2D eigenvalue weighted by atomic mass is 9.50. The molecule has 6 rings (SSSR count). The molecular formula is C52H72O22. The van der Waals surface area contributed by atoms with E-state index in [0.717, 1.165) is 0 Å². The molecule has 0 aliphatic heterocycles. The van der Waals surface area contributed by atoms with Crippen molar-refractivity contribution in [3.8, 4) is 0 Å². The Balaban J connectivity index is 0.000000274. The molecule has 4 fully saturated rings. The lowest BCUT2D eigenvalue weighted by molar-refractivity contribution is -0.271. The number of carbonyl (C=O) groups is 8. The Hall–Kier alpha value is -5.84. The first-order chi connectivity index (χ1) is 34.9. The van der Waals surface area contributed by atoms with E-state index in [-0.39, 0.29) is 123 Å². The Labute approximate surface area is 428 Å². The molecule has 0 amide bonds. The minimum Gasteiger partial charge on any atom is -0.463 e. The molecule has 0 atom stereocenters. The fraction of sp³-hybridized carbons (Fsp3) is 0.692. The van der Waals surface area contributed by atoms with Crippen molar-refractivity contribution in [1.82, 2.24) is 0 Å². The van der Waals surface area contributed by atoms with Crippen LogP contribution in [0.2, 0.25) is 0 Å². The molecule has 4 aliphatic rings. The molecule has 0 bridgehead atoms. The predicted molar refractivity (Wildman–Crippen MR) is 252 cm³/mol. The van der Waals surface area contributed by atoms with E-state index in [1.165, 1.54) is 24.3 Å². The van der Waals surface area contributed by atoms with Gasteiger partial charge < -0.3 is 67.2 Å². The fourth-order valence-electron chi connectivity index (χ4n) is 11.4. The van der Waals surface area contributed by atoms with Crippen LogP contribution in [0.4, 0.5) is 0 Å². The summed E-state index contributed by atoms with van der Waals surface area (Å²) >= 11 is 0. The Morgan fingerprint density at radius 1 is 0.378 bits per heavy atom. The molecule has 0 aromatic carbocycles. The summed E-state index contributed by atoms with van der Waals surface area (Å²) in [7, 11) is 0.